The van der Waals surface area contributed by atoms with Gasteiger partial charge < -0.3 is 25.6 Å². The molecule has 4 rings (SSSR count). The number of aliphatic hydroxyl groups excluding tert-OH is 1. The molecule has 1 aliphatic rings. The Morgan fingerprint density at radius 1 is 1.25 bits per heavy atom. The molecular weight excluding hydrogens is 404 g/mol. The molecule has 0 saturated heterocycles. The number of methoxy groups -OCH3 is 1. The van der Waals surface area contributed by atoms with Gasteiger partial charge in [0.2, 0.25) is 0 Å². The fourth-order valence-electron chi connectivity index (χ4n) is 3.88. The Hall–Kier alpha value is -3.20. The maximum Gasteiger partial charge on any atom is 0.147 e. The van der Waals surface area contributed by atoms with E-state index in [0.29, 0.717) is 18.1 Å². The summed E-state index contributed by atoms with van der Waals surface area (Å²) in [5.41, 5.74) is 9.65. The Morgan fingerprint density at radius 2 is 2.00 bits per heavy atom. The number of hydrogen-bond acceptors (Lipinski definition) is 7. The summed E-state index contributed by atoms with van der Waals surface area (Å²) in [7, 11) is 5.48. The van der Waals surface area contributed by atoms with Crippen molar-refractivity contribution in [1.82, 2.24) is 25.6 Å². The van der Waals surface area contributed by atoms with E-state index in [1.54, 1.807) is 20.2 Å². The van der Waals surface area contributed by atoms with Gasteiger partial charge in [-0.05, 0) is 35.9 Å². The summed E-state index contributed by atoms with van der Waals surface area (Å²) in [6.07, 6.45) is 1.62. The zero-order valence-electron chi connectivity index (χ0n) is 18.8. The normalized spacial score (nSPS) is 14.4. The van der Waals surface area contributed by atoms with Crippen LogP contribution in [0.2, 0.25) is 0 Å². The Balaban J connectivity index is 1.54. The number of H-pyrrole nitrogens is 1. The molecule has 168 valence electrons. The van der Waals surface area contributed by atoms with E-state index in [0.717, 1.165) is 42.8 Å². The minimum atomic E-state index is 0.0394. The number of hydrazone groups is 1. The maximum absolute atomic E-state index is 10.8. The fraction of sp³-hybridized carbons (Fsp3) is 0.333. The summed E-state index contributed by atoms with van der Waals surface area (Å²) in [6, 6.07) is 12.3. The predicted molar refractivity (Wildman–Crippen MR) is 127 cm³/mol. The van der Waals surface area contributed by atoms with Crippen molar-refractivity contribution in [3.05, 3.63) is 70.2 Å². The number of nitrogens with one attached hydrogen (secondary N) is 3. The van der Waals surface area contributed by atoms with Gasteiger partial charge in [0.1, 0.15) is 17.3 Å². The van der Waals surface area contributed by atoms with Crippen molar-refractivity contribution < 1.29 is 9.84 Å². The van der Waals surface area contributed by atoms with Crippen molar-refractivity contribution >= 4 is 22.8 Å². The summed E-state index contributed by atoms with van der Waals surface area (Å²) >= 11 is 0. The average molecular weight is 435 g/mol. The van der Waals surface area contributed by atoms with E-state index in [4.69, 9.17) is 4.74 Å². The van der Waals surface area contributed by atoms with Crippen LogP contribution in [-0.4, -0.2) is 60.0 Å². The first-order valence-electron chi connectivity index (χ1n) is 10.7. The molecule has 32 heavy (non-hydrogen) atoms. The van der Waals surface area contributed by atoms with Crippen molar-refractivity contribution in [2.75, 3.05) is 34.4 Å². The van der Waals surface area contributed by atoms with Crippen molar-refractivity contribution in [3.8, 4) is 0 Å². The molecule has 2 heterocycles. The van der Waals surface area contributed by atoms with Crippen LogP contribution in [0.4, 0.5) is 0 Å². The molecule has 1 aliphatic heterocycles. The van der Waals surface area contributed by atoms with Gasteiger partial charge >= 0.3 is 0 Å². The molecule has 0 radical (unpaired) electrons. The lowest BCUT2D eigenvalue weighted by Gasteiger charge is -2.16. The number of fused-ring (bicyclic) bond motifs is 2. The second kappa shape index (κ2) is 9.95. The van der Waals surface area contributed by atoms with Crippen LogP contribution in [-0.2, 0) is 24.4 Å². The van der Waals surface area contributed by atoms with Crippen LogP contribution in [0, 0.1) is 0 Å². The van der Waals surface area contributed by atoms with Crippen molar-refractivity contribution in [3.63, 3.8) is 0 Å². The van der Waals surface area contributed by atoms with E-state index in [-0.39, 0.29) is 5.76 Å². The van der Waals surface area contributed by atoms with Gasteiger partial charge in [0.05, 0.1) is 17.6 Å². The number of hydrogen-bond donors (Lipinski definition) is 4. The van der Waals surface area contributed by atoms with Crippen molar-refractivity contribution in [2.24, 2.45) is 5.10 Å². The molecule has 0 amide bonds. The highest BCUT2D eigenvalue weighted by atomic mass is 16.5. The molecule has 0 unspecified atom stereocenters. The largest absolute Gasteiger partial charge is 0.505 e. The van der Waals surface area contributed by atoms with E-state index in [1.165, 1.54) is 16.7 Å². The van der Waals surface area contributed by atoms with Gasteiger partial charge in [-0.2, -0.15) is 5.10 Å². The molecular formula is C24H30N6O2. The van der Waals surface area contributed by atoms with E-state index in [2.05, 4.69) is 49.9 Å². The molecule has 8 heteroatoms. The number of likely N-dealkylation sites (N-methyl/N-ethyl adjacent to an activating group) is 1. The van der Waals surface area contributed by atoms with E-state index < -0.39 is 0 Å². The van der Waals surface area contributed by atoms with Crippen LogP contribution in [0.3, 0.4) is 0 Å². The highest BCUT2D eigenvalue weighted by Crippen LogP contribution is 2.23. The predicted octanol–water partition coefficient (Wildman–Crippen LogP) is 2.77. The Bertz CT molecular complexity index is 1090. The molecule has 0 spiro atoms. The number of ether oxygens (including phenoxy) is 1. The van der Waals surface area contributed by atoms with Crippen molar-refractivity contribution in [2.45, 2.75) is 19.6 Å². The fourth-order valence-corrected chi connectivity index (χ4v) is 3.88. The first-order valence-corrected chi connectivity index (χ1v) is 10.7. The molecule has 3 aromatic rings. The Labute approximate surface area is 188 Å². The SMILES string of the molecule is CN/N=C(\C(O)=C\c1nc2cc3c(cc2[nH]1)CNC3)c1ccc(CN(C)CCOC)cc1. The first kappa shape index (κ1) is 22.0. The minimum Gasteiger partial charge on any atom is -0.505 e. The van der Waals surface area contributed by atoms with Crippen LogP contribution in [0.15, 0.2) is 47.3 Å². The van der Waals surface area contributed by atoms with Gasteiger partial charge in [-0.15, -0.1) is 0 Å². The third-order valence-corrected chi connectivity index (χ3v) is 5.55. The number of rotatable bonds is 9. The number of aliphatic hydroxyl groups is 1. The van der Waals surface area contributed by atoms with Crippen LogP contribution < -0.4 is 10.7 Å². The summed E-state index contributed by atoms with van der Waals surface area (Å²) in [5.74, 6) is 0.631. The highest BCUT2D eigenvalue weighted by Gasteiger charge is 2.15. The third-order valence-electron chi connectivity index (χ3n) is 5.55. The van der Waals surface area contributed by atoms with Gasteiger partial charge in [-0.25, -0.2) is 4.98 Å². The number of aromatic nitrogens is 2. The summed E-state index contributed by atoms with van der Waals surface area (Å²) < 4.78 is 5.13. The van der Waals surface area contributed by atoms with Gasteiger partial charge in [0.15, 0.2) is 0 Å². The summed E-state index contributed by atoms with van der Waals surface area (Å²) in [6.45, 7) is 4.13. The number of benzene rings is 2. The van der Waals surface area contributed by atoms with Gasteiger partial charge in [-0.1, -0.05) is 24.3 Å². The maximum atomic E-state index is 10.8. The second-order valence-electron chi connectivity index (χ2n) is 8.00. The molecule has 1 aromatic heterocycles. The zero-order chi connectivity index (χ0) is 22.5. The third kappa shape index (κ3) is 4.99. The number of nitrogens with zero attached hydrogens (tertiary/aromatic N) is 3. The number of imidazole rings is 1. The first-order chi connectivity index (χ1) is 15.6. The van der Waals surface area contributed by atoms with E-state index in [9.17, 15) is 5.11 Å². The summed E-state index contributed by atoms with van der Waals surface area (Å²) in [4.78, 5) is 10.1. The molecule has 2 aromatic carbocycles. The molecule has 0 bridgehead atoms. The lowest BCUT2D eigenvalue weighted by molar-refractivity contribution is 0.158. The molecule has 4 N–H and O–H groups in total. The molecule has 0 saturated carbocycles. The second-order valence-corrected chi connectivity index (χ2v) is 8.00. The van der Waals surface area contributed by atoms with Crippen LogP contribution in [0.1, 0.15) is 28.1 Å². The molecule has 0 aliphatic carbocycles. The topological polar surface area (TPSA) is 97.8 Å². The minimum absolute atomic E-state index is 0.0394. The van der Waals surface area contributed by atoms with Crippen LogP contribution in [0.5, 0.6) is 0 Å². The highest BCUT2D eigenvalue weighted by molar-refractivity contribution is 6.13. The van der Waals surface area contributed by atoms with Crippen molar-refractivity contribution in [1.29, 1.82) is 0 Å². The molecule has 0 atom stereocenters. The molecule has 8 nitrogen and oxygen atoms in total. The van der Waals surface area contributed by atoms with Gasteiger partial charge in [-0.3, -0.25) is 4.90 Å². The van der Waals surface area contributed by atoms with Crippen LogP contribution in [0.25, 0.3) is 17.1 Å². The average Bonchev–Trinajstić information content (AvgIpc) is 3.40. The smallest absolute Gasteiger partial charge is 0.147 e. The number of allylic oxidation sites excluding steroid dienone is 1. The Kier molecular flexibility index (Phi) is 6.84. The summed E-state index contributed by atoms with van der Waals surface area (Å²) in [5, 5.41) is 18.5. The standard InChI is InChI=1S/C24H30N6O2/c1-25-29-24(17-6-4-16(5-7-17)15-30(2)8-9-32-3)22(31)12-23-27-20-10-18-13-26-14-19(18)11-21(20)28-23/h4-7,10-12,25-26,31H,8-9,13-15H2,1-3H3,(H,27,28)/b22-12-,29-24-. The monoisotopic (exact) mass is 434 g/mol. The van der Waals surface area contributed by atoms with Crippen LogP contribution >= 0.6 is 0 Å². The van der Waals surface area contributed by atoms with E-state index >= 15 is 0 Å². The number of aromatic amines is 1. The van der Waals surface area contributed by atoms with Gasteiger partial charge in [0, 0.05) is 52.0 Å². The zero-order valence-corrected chi connectivity index (χ0v) is 18.8. The lowest BCUT2D eigenvalue weighted by atomic mass is 10.1. The quantitative estimate of drug-likeness (QED) is 0.235. The lowest BCUT2D eigenvalue weighted by Crippen LogP contribution is -2.22. The molecule has 0 fully saturated rings. The van der Waals surface area contributed by atoms with E-state index in [1.807, 2.05) is 24.3 Å². The van der Waals surface area contributed by atoms with Gasteiger partial charge in [0.25, 0.3) is 0 Å². The Morgan fingerprint density at radius 3 is 2.72 bits per heavy atom.